The molecule has 0 aliphatic rings. The largest absolute Gasteiger partial charge is 0.333 e. The first-order valence-electron chi connectivity index (χ1n) is 6.76. The Labute approximate surface area is 119 Å². The molecule has 0 saturated heterocycles. The highest BCUT2D eigenvalue weighted by molar-refractivity contribution is 6.30. The molecule has 2 aromatic rings. The van der Waals surface area contributed by atoms with Crippen LogP contribution in [-0.4, -0.2) is 16.1 Å². The lowest BCUT2D eigenvalue weighted by Crippen LogP contribution is -2.25. The van der Waals surface area contributed by atoms with Crippen molar-refractivity contribution in [2.24, 2.45) is 0 Å². The Balaban J connectivity index is 2.33. The van der Waals surface area contributed by atoms with Gasteiger partial charge in [-0.15, -0.1) is 0 Å². The van der Waals surface area contributed by atoms with Crippen LogP contribution >= 0.6 is 11.6 Å². The minimum atomic E-state index is 0.115. The number of halogens is 1. The molecule has 1 unspecified atom stereocenters. The molecular weight excluding hydrogens is 258 g/mol. The summed E-state index contributed by atoms with van der Waals surface area (Å²) in [6, 6.07) is 8.08. The van der Waals surface area contributed by atoms with E-state index < -0.39 is 0 Å². The van der Waals surface area contributed by atoms with Crippen molar-refractivity contribution < 1.29 is 0 Å². The first kappa shape index (κ1) is 14.1. The maximum absolute atomic E-state index is 5.96. The third-order valence-electron chi connectivity index (χ3n) is 3.08. The van der Waals surface area contributed by atoms with Gasteiger partial charge in [-0.05, 0) is 30.7 Å². The molecule has 102 valence electrons. The lowest BCUT2D eigenvalue weighted by molar-refractivity contribution is 0.544. The number of imidazole rings is 1. The Hall–Kier alpha value is -1.32. The van der Waals surface area contributed by atoms with Gasteiger partial charge in [0.1, 0.15) is 5.82 Å². The smallest absolute Gasteiger partial charge is 0.130 e. The van der Waals surface area contributed by atoms with Gasteiger partial charge in [0.15, 0.2) is 0 Å². The van der Waals surface area contributed by atoms with E-state index in [0.29, 0.717) is 0 Å². The fourth-order valence-electron chi connectivity index (χ4n) is 2.23. The van der Waals surface area contributed by atoms with Gasteiger partial charge in [-0.2, -0.15) is 0 Å². The lowest BCUT2D eigenvalue weighted by atomic mass is 10.1. The van der Waals surface area contributed by atoms with Crippen molar-refractivity contribution >= 4 is 11.6 Å². The molecular formula is C15H20ClN3. The first-order valence-corrected chi connectivity index (χ1v) is 7.14. The van der Waals surface area contributed by atoms with E-state index in [9.17, 15) is 0 Å². The zero-order valence-electron chi connectivity index (χ0n) is 11.4. The van der Waals surface area contributed by atoms with Crippen LogP contribution in [0.3, 0.4) is 0 Å². The summed E-state index contributed by atoms with van der Waals surface area (Å²) in [6.45, 7) is 6.17. The number of hydrogen-bond acceptors (Lipinski definition) is 2. The van der Waals surface area contributed by atoms with Crippen molar-refractivity contribution in [1.29, 1.82) is 0 Å². The summed E-state index contributed by atoms with van der Waals surface area (Å²) in [5.74, 6) is 1.06. The van der Waals surface area contributed by atoms with Crippen LogP contribution in [0.5, 0.6) is 0 Å². The van der Waals surface area contributed by atoms with Crippen LogP contribution in [0.1, 0.15) is 37.7 Å². The van der Waals surface area contributed by atoms with Gasteiger partial charge in [0.25, 0.3) is 0 Å². The van der Waals surface area contributed by atoms with Crippen molar-refractivity contribution in [1.82, 2.24) is 14.9 Å². The number of nitrogens with zero attached hydrogens (tertiary/aromatic N) is 2. The van der Waals surface area contributed by atoms with Crippen molar-refractivity contribution in [3.8, 4) is 0 Å². The fraction of sp³-hybridized carbons (Fsp3) is 0.400. The zero-order chi connectivity index (χ0) is 13.7. The summed E-state index contributed by atoms with van der Waals surface area (Å²) >= 11 is 5.96. The molecule has 0 spiro atoms. The molecule has 4 heteroatoms. The Kier molecular flexibility index (Phi) is 5.00. The summed E-state index contributed by atoms with van der Waals surface area (Å²) in [4.78, 5) is 4.52. The van der Waals surface area contributed by atoms with Crippen molar-refractivity contribution in [2.45, 2.75) is 32.9 Å². The predicted octanol–water partition coefficient (Wildman–Crippen LogP) is 3.65. The zero-order valence-corrected chi connectivity index (χ0v) is 12.2. The van der Waals surface area contributed by atoms with Crippen molar-refractivity contribution in [2.75, 3.05) is 6.54 Å². The number of rotatable bonds is 6. The molecule has 0 bridgehead atoms. The van der Waals surface area contributed by atoms with Crippen LogP contribution in [0.15, 0.2) is 36.7 Å². The summed E-state index contributed by atoms with van der Waals surface area (Å²) in [5, 5.41) is 4.25. The van der Waals surface area contributed by atoms with Crippen LogP contribution < -0.4 is 5.32 Å². The molecule has 1 heterocycles. The Morgan fingerprint density at radius 3 is 2.63 bits per heavy atom. The molecule has 2 rings (SSSR count). The summed E-state index contributed by atoms with van der Waals surface area (Å²) in [7, 11) is 0. The number of aryl methyl sites for hydroxylation is 1. The van der Waals surface area contributed by atoms with Crippen LogP contribution in [-0.2, 0) is 6.54 Å². The second kappa shape index (κ2) is 6.73. The Bertz CT molecular complexity index is 504. The average molecular weight is 278 g/mol. The highest BCUT2D eigenvalue weighted by Crippen LogP contribution is 2.22. The number of hydrogen-bond donors (Lipinski definition) is 1. The van der Waals surface area contributed by atoms with E-state index in [-0.39, 0.29) is 6.04 Å². The maximum Gasteiger partial charge on any atom is 0.130 e. The SMILES string of the molecule is CCCn1ccnc1C(NCC)c1ccc(Cl)cc1. The minimum absolute atomic E-state index is 0.115. The predicted molar refractivity (Wildman–Crippen MR) is 79.5 cm³/mol. The maximum atomic E-state index is 5.96. The quantitative estimate of drug-likeness (QED) is 0.874. The second-order valence-corrected chi connectivity index (χ2v) is 4.96. The second-order valence-electron chi connectivity index (χ2n) is 4.52. The van der Waals surface area contributed by atoms with E-state index in [1.807, 2.05) is 24.5 Å². The molecule has 1 aromatic heterocycles. The monoisotopic (exact) mass is 277 g/mol. The molecule has 3 nitrogen and oxygen atoms in total. The highest BCUT2D eigenvalue weighted by Gasteiger charge is 2.17. The van der Waals surface area contributed by atoms with Gasteiger partial charge in [-0.25, -0.2) is 4.98 Å². The molecule has 0 radical (unpaired) electrons. The topological polar surface area (TPSA) is 29.9 Å². The van der Waals surface area contributed by atoms with Gasteiger partial charge in [-0.1, -0.05) is 37.6 Å². The third-order valence-corrected chi connectivity index (χ3v) is 3.33. The molecule has 1 N–H and O–H groups in total. The van der Waals surface area contributed by atoms with Crippen LogP contribution in [0, 0.1) is 0 Å². The van der Waals surface area contributed by atoms with Crippen LogP contribution in [0.4, 0.5) is 0 Å². The molecule has 1 aromatic carbocycles. The molecule has 0 saturated carbocycles. The summed E-state index contributed by atoms with van der Waals surface area (Å²) in [5.41, 5.74) is 1.19. The minimum Gasteiger partial charge on any atom is -0.333 e. The van der Waals surface area contributed by atoms with Crippen molar-refractivity contribution in [3.63, 3.8) is 0 Å². The Morgan fingerprint density at radius 2 is 2.00 bits per heavy atom. The number of aromatic nitrogens is 2. The van der Waals surface area contributed by atoms with Gasteiger partial charge in [-0.3, -0.25) is 0 Å². The summed E-state index contributed by atoms with van der Waals surface area (Å²) < 4.78 is 2.21. The van der Waals surface area contributed by atoms with E-state index in [1.165, 1.54) is 5.56 Å². The van der Waals surface area contributed by atoms with E-state index in [1.54, 1.807) is 0 Å². The molecule has 19 heavy (non-hydrogen) atoms. The van der Waals surface area contributed by atoms with Gasteiger partial charge >= 0.3 is 0 Å². The number of benzene rings is 1. The molecule has 1 atom stereocenters. The molecule has 0 amide bonds. The first-order chi connectivity index (χ1) is 9.26. The van der Waals surface area contributed by atoms with Crippen LogP contribution in [0.25, 0.3) is 0 Å². The standard InChI is InChI=1S/C15H20ClN3/c1-3-10-19-11-9-18-15(19)14(17-4-2)12-5-7-13(16)8-6-12/h5-9,11,14,17H,3-4,10H2,1-2H3. The van der Waals surface area contributed by atoms with Gasteiger partial charge in [0.2, 0.25) is 0 Å². The van der Waals surface area contributed by atoms with E-state index in [2.05, 4.69) is 40.8 Å². The lowest BCUT2D eigenvalue weighted by Gasteiger charge is -2.19. The normalized spacial score (nSPS) is 12.6. The average Bonchev–Trinajstić information content (AvgIpc) is 2.86. The molecule has 0 aliphatic carbocycles. The van der Waals surface area contributed by atoms with E-state index in [0.717, 1.165) is 30.4 Å². The molecule has 0 aliphatic heterocycles. The van der Waals surface area contributed by atoms with E-state index in [4.69, 9.17) is 11.6 Å². The summed E-state index contributed by atoms with van der Waals surface area (Å²) in [6.07, 6.45) is 5.01. The highest BCUT2D eigenvalue weighted by atomic mass is 35.5. The van der Waals surface area contributed by atoms with Gasteiger partial charge < -0.3 is 9.88 Å². The van der Waals surface area contributed by atoms with Gasteiger partial charge in [0.05, 0.1) is 6.04 Å². The Morgan fingerprint density at radius 1 is 1.26 bits per heavy atom. The fourth-order valence-corrected chi connectivity index (χ4v) is 2.35. The number of nitrogens with one attached hydrogen (secondary N) is 1. The van der Waals surface area contributed by atoms with Crippen LogP contribution in [0.2, 0.25) is 5.02 Å². The van der Waals surface area contributed by atoms with Crippen molar-refractivity contribution in [3.05, 3.63) is 53.1 Å². The third kappa shape index (κ3) is 3.37. The van der Waals surface area contributed by atoms with Gasteiger partial charge in [0, 0.05) is 24.0 Å². The molecule has 0 fully saturated rings. The van der Waals surface area contributed by atoms with E-state index >= 15 is 0 Å².